The van der Waals surface area contributed by atoms with Gasteiger partial charge in [0.2, 0.25) is 18.5 Å². The first kappa shape index (κ1) is 45.5. The number of phenolic OH excluding ortho intramolecular Hbond substituents is 1. The molecule has 6 atom stereocenters. The van der Waals surface area contributed by atoms with Gasteiger partial charge in [0, 0.05) is 44.1 Å². The molecule has 11 nitrogen and oxygen atoms in total. The number of nitrogens with zero attached hydrogens (tertiary/aromatic N) is 2. The van der Waals surface area contributed by atoms with Gasteiger partial charge >= 0.3 is 0 Å². The van der Waals surface area contributed by atoms with E-state index in [0.29, 0.717) is 49.5 Å². The van der Waals surface area contributed by atoms with Gasteiger partial charge in [0.25, 0.3) is 0 Å². The van der Waals surface area contributed by atoms with E-state index in [1.54, 1.807) is 12.1 Å². The van der Waals surface area contributed by atoms with Crippen LogP contribution in [0.3, 0.4) is 0 Å². The highest BCUT2D eigenvalue weighted by Gasteiger charge is 2.65. The number of amides is 1. The van der Waals surface area contributed by atoms with E-state index in [9.17, 15) is 15.3 Å². The molecule has 0 bridgehead atoms. The lowest BCUT2D eigenvalue weighted by molar-refractivity contribution is -0.258. The molecule has 0 radical (unpaired) electrons. The molecule has 330 valence electrons. The van der Waals surface area contributed by atoms with Crippen molar-refractivity contribution in [2.45, 2.75) is 147 Å². The molecule has 2 aliphatic heterocycles. The van der Waals surface area contributed by atoms with E-state index in [-0.39, 0.29) is 62.6 Å². The van der Waals surface area contributed by atoms with Crippen LogP contribution in [0.15, 0.2) is 65.9 Å². The lowest BCUT2D eigenvalue weighted by Crippen LogP contribution is -2.70. The van der Waals surface area contributed by atoms with Gasteiger partial charge in [0.1, 0.15) is 24.1 Å². The Morgan fingerprint density at radius 1 is 0.900 bits per heavy atom. The van der Waals surface area contributed by atoms with Gasteiger partial charge in [-0.3, -0.25) is 4.79 Å². The van der Waals surface area contributed by atoms with Crippen LogP contribution in [0.1, 0.15) is 140 Å². The fourth-order valence-electron chi connectivity index (χ4n) is 10.1. The van der Waals surface area contributed by atoms with Crippen LogP contribution in [0.4, 0.5) is 0 Å². The quantitative estimate of drug-likeness (QED) is 0.0481. The van der Waals surface area contributed by atoms with E-state index in [0.717, 1.165) is 67.4 Å². The third-order valence-corrected chi connectivity index (χ3v) is 12.9. The molecule has 1 saturated carbocycles. The van der Waals surface area contributed by atoms with Gasteiger partial charge in [0.15, 0.2) is 11.5 Å². The number of phenols is 1. The van der Waals surface area contributed by atoms with Gasteiger partial charge in [-0.15, -0.1) is 6.58 Å². The minimum atomic E-state index is -1.37. The number of hydrogen-bond acceptors (Lipinski definition) is 10. The van der Waals surface area contributed by atoms with E-state index < -0.39 is 17.7 Å². The average Bonchev–Trinajstić information content (AvgIpc) is 3.73. The number of aromatic hydroxyl groups is 1. The summed E-state index contributed by atoms with van der Waals surface area (Å²) in [5.41, 5.74) is 3.53. The number of rotatable bonds is 26. The van der Waals surface area contributed by atoms with Crippen LogP contribution >= 0.6 is 0 Å². The number of aliphatic hydroxyl groups excluding tert-OH is 2. The van der Waals surface area contributed by atoms with Gasteiger partial charge in [-0.2, -0.15) is 0 Å². The number of oxime groups is 1. The molecule has 0 spiro atoms. The third-order valence-electron chi connectivity index (χ3n) is 12.9. The second-order valence-electron chi connectivity index (χ2n) is 17.0. The SMILES string of the molecule is C=CCOC12Oc3ccc(O)cc3C3C(CCCCO)C(CCCCO)C=C(C(=NOCC)CC1N(Cc1ccc4c(c1)OCO4)C(=O)CCCCCCCCCCC)C32. The summed E-state index contributed by atoms with van der Waals surface area (Å²) < 4.78 is 25.9. The number of aliphatic hydroxyl groups is 2. The van der Waals surface area contributed by atoms with E-state index >= 15 is 4.79 Å². The molecular weight excluding hydrogens is 761 g/mol. The number of benzene rings is 2. The zero-order valence-corrected chi connectivity index (χ0v) is 36.2. The summed E-state index contributed by atoms with van der Waals surface area (Å²) in [5.74, 6) is 0.296. The fraction of sp³-hybridized carbons (Fsp3) is 0.633. The molecule has 2 heterocycles. The highest BCUT2D eigenvalue weighted by atomic mass is 16.7. The summed E-state index contributed by atoms with van der Waals surface area (Å²) >= 11 is 0. The maximum absolute atomic E-state index is 15.0. The molecule has 1 fully saturated rings. The maximum atomic E-state index is 15.0. The molecule has 2 aromatic rings. The molecule has 6 unspecified atom stereocenters. The van der Waals surface area contributed by atoms with Gasteiger partial charge in [-0.1, -0.05) is 94.5 Å². The molecule has 0 aromatic heterocycles. The molecule has 3 N–H and O–H groups in total. The van der Waals surface area contributed by atoms with Crippen molar-refractivity contribution in [3.8, 4) is 23.0 Å². The first-order valence-electron chi connectivity index (χ1n) is 23.0. The molecule has 11 heteroatoms. The monoisotopic (exact) mass is 831 g/mol. The molecule has 4 aliphatic rings. The van der Waals surface area contributed by atoms with E-state index in [1.807, 2.05) is 42.2 Å². The van der Waals surface area contributed by atoms with Crippen molar-refractivity contribution in [3.63, 3.8) is 0 Å². The van der Waals surface area contributed by atoms with Gasteiger partial charge < -0.3 is 44.0 Å². The second-order valence-corrected chi connectivity index (χ2v) is 17.0. The van der Waals surface area contributed by atoms with Crippen molar-refractivity contribution < 1.29 is 43.9 Å². The van der Waals surface area contributed by atoms with E-state index in [2.05, 4.69) is 19.6 Å². The van der Waals surface area contributed by atoms with E-state index in [1.165, 1.54) is 38.5 Å². The zero-order chi connectivity index (χ0) is 42.3. The summed E-state index contributed by atoms with van der Waals surface area (Å²) in [4.78, 5) is 22.9. The number of hydrogen-bond donors (Lipinski definition) is 3. The Morgan fingerprint density at radius 2 is 1.62 bits per heavy atom. The summed E-state index contributed by atoms with van der Waals surface area (Å²) in [6.07, 6.45) is 19.8. The average molecular weight is 831 g/mol. The number of unbranched alkanes of at least 4 members (excludes halogenated alkanes) is 10. The number of carbonyl (C=O) groups is 1. The van der Waals surface area contributed by atoms with Crippen molar-refractivity contribution in [1.82, 2.24) is 4.90 Å². The van der Waals surface area contributed by atoms with Crippen LogP contribution in [-0.2, 0) is 20.9 Å². The maximum Gasteiger partial charge on any atom is 0.239 e. The van der Waals surface area contributed by atoms with Crippen molar-refractivity contribution in [3.05, 3.63) is 71.8 Å². The van der Waals surface area contributed by atoms with Crippen molar-refractivity contribution in [2.24, 2.45) is 22.9 Å². The molecule has 2 aliphatic carbocycles. The minimum Gasteiger partial charge on any atom is -0.508 e. The molecule has 0 saturated heterocycles. The Hall–Kier alpha value is -4.06. The highest BCUT2D eigenvalue weighted by molar-refractivity contribution is 6.03. The number of allylic oxidation sites excluding steroid dienone is 1. The first-order chi connectivity index (χ1) is 29.4. The minimum absolute atomic E-state index is 0.0132. The van der Waals surface area contributed by atoms with Crippen molar-refractivity contribution >= 4 is 11.6 Å². The summed E-state index contributed by atoms with van der Waals surface area (Å²) in [6.45, 7) is 9.42. The Bertz CT molecular complexity index is 1760. The van der Waals surface area contributed by atoms with Crippen LogP contribution in [0.5, 0.6) is 23.0 Å². The van der Waals surface area contributed by atoms with Crippen LogP contribution in [0.2, 0.25) is 0 Å². The van der Waals surface area contributed by atoms with Gasteiger partial charge in [-0.25, -0.2) is 0 Å². The molecule has 1 amide bonds. The summed E-state index contributed by atoms with van der Waals surface area (Å²) in [6, 6.07) is 10.5. The smallest absolute Gasteiger partial charge is 0.239 e. The van der Waals surface area contributed by atoms with Gasteiger partial charge in [-0.05, 0) is 92.3 Å². The number of fused-ring (bicyclic) bond motifs is 3. The van der Waals surface area contributed by atoms with Crippen LogP contribution in [-0.4, -0.2) is 76.9 Å². The van der Waals surface area contributed by atoms with Crippen LogP contribution in [0.25, 0.3) is 0 Å². The Balaban J connectivity index is 1.46. The number of ether oxygens (including phenoxy) is 4. The van der Waals surface area contributed by atoms with Crippen LogP contribution in [0, 0.1) is 17.8 Å². The normalized spacial score (nSPS) is 24.3. The van der Waals surface area contributed by atoms with Crippen molar-refractivity contribution in [2.75, 3.05) is 33.2 Å². The lowest BCUT2D eigenvalue weighted by atomic mass is 9.55. The summed E-state index contributed by atoms with van der Waals surface area (Å²) in [5, 5.41) is 35.6. The van der Waals surface area contributed by atoms with Crippen molar-refractivity contribution in [1.29, 1.82) is 0 Å². The predicted octanol–water partition coefficient (Wildman–Crippen LogP) is 9.72. The summed E-state index contributed by atoms with van der Waals surface area (Å²) in [7, 11) is 0. The Labute approximate surface area is 357 Å². The topological polar surface area (TPSA) is 140 Å². The van der Waals surface area contributed by atoms with E-state index in [4.69, 9.17) is 28.9 Å². The molecular formula is C49H70N2O9. The zero-order valence-electron chi connectivity index (χ0n) is 36.2. The third kappa shape index (κ3) is 10.7. The van der Waals surface area contributed by atoms with Crippen LogP contribution < -0.4 is 14.2 Å². The molecule has 6 rings (SSSR count). The largest absolute Gasteiger partial charge is 0.508 e. The predicted molar refractivity (Wildman–Crippen MR) is 233 cm³/mol. The first-order valence-corrected chi connectivity index (χ1v) is 23.0. The number of carbonyl (C=O) groups excluding carboxylic acids is 1. The standard InChI is InChI=1S/C49H70N2O9/c1-4-7-8-9-10-11-12-13-14-21-46(55)51(33-35-22-24-43-44(29-35)57-34-56-43)45-32-41(50-59-6-3)39-30-36(19-15-17-26-52)38(20-16-18-27-53)47-40-31-37(54)23-25-42(40)60-49(45,48(39)47)58-28-5-2/h5,22-25,29-31,36,38,45,47-48,52-54H,2,4,6-21,26-28,32-34H2,1,3H3. The van der Waals surface area contributed by atoms with Gasteiger partial charge in [0.05, 0.1) is 18.2 Å². The Kier molecular flexibility index (Phi) is 17.2. The molecule has 60 heavy (non-hydrogen) atoms. The lowest BCUT2D eigenvalue weighted by Gasteiger charge is -2.60. The second kappa shape index (κ2) is 22.7. The fourth-order valence-corrected chi connectivity index (χ4v) is 10.1. The Morgan fingerprint density at radius 3 is 2.35 bits per heavy atom. The highest BCUT2D eigenvalue weighted by Crippen LogP contribution is 2.62. The molecule has 2 aromatic carbocycles.